The quantitative estimate of drug-likeness (QED) is 0.205. The van der Waals surface area contributed by atoms with E-state index >= 15 is 0 Å². The van der Waals surface area contributed by atoms with Crippen molar-refractivity contribution >= 4 is 32.3 Å². The smallest absolute Gasteiger partial charge is 0.0273 e. The van der Waals surface area contributed by atoms with Crippen LogP contribution in [0.2, 0.25) is 0 Å². The average Bonchev–Trinajstić information content (AvgIpc) is 3.07. The molecule has 0 radical (unpaired) electrons. The normalized spacial score (nSPS) is 11.3. The largest absolute Gasteiger partial charge is 0.265 e. The molecule has 0 unspecified atom stereocenters. The monoisotopic (exact) mass is 533 g/mol. The lowest BCUT2D eigenvalue weighted by molar-refractivity contribution is 1.33. The van der Waals surface area contributed by atoms with E-state index in [4.69, 9.17) is 0 Å². The molecule has 0 atom stereocenters. The van der Waals surface area contributed by atoms with Gasteiger partial charge in [0.1, 0.15) is 0 Å². The van der Waals surface area contributed by atoms with Gasteiger partial charge in [0.15, 0.2) is 0 Å². The number of pyridine rings is 1. The molecule has 1 aromatic heterocycles. The highest BCUT2D eigenvalue weighted by molar-refractivity contribution is 6.24. The van der Waals surface area contributed by atoms with Crippen LogP contribution in [0.25, 0.3) is 76.8 Å². The molecular weight excluding hydrogens is 506 g/mol. The molecule has 0 aliphatic heterocycles. The first-order valence-corrected chi connectivity index (χ1v) is 14.4. The highest BCUT2D eigenvalue weighted by Crippen LogP contribution is 2.46. The molecule has 7 aromatic carbocycles. The molecule has 8 rings (SSSR count). The van der Waals surface area contributed by atoms with Crippen LogP contribution in [-0.4, -0.2) is 4.98 Å². The predicted octanol–water partition coefficient (Wildman–Crippen LogP) is 11.2. The molecule has 0 bridgehead atoms. The van der Waals surface area contributed by atoms with Crippen molar-refractivity contribution in [1.29, 1.82) is 0 Å². The first kappa shape index (κ1) is 24.3. The number of aromatic nitrogens is 1. The Labute approximate surface area is 245 Å². The maximum absolute atomic E-state index is 4.24. The zero-order valence-electron chi connectivity index (χ0n) is 23.0. The molecule has 0 spiro atoms. The molecule has 196 valence electrons. The van der Waals surface area contributed by atoms with Gasteiger partial charge in [-0.3, -0.25) is 4.98 Å². The van der Waals surface area contributed by atoms with Gasteiger partial charge in [0.25, 0.3) is 0 Å². The Morgan fingerprint density at radius 3 is 1.36 bits per heavy atom. The maximum Gasteiger partial charge on any atom is 0.0273 e. The number of hydrogen-bond donors (Lipinski definition) is 0. The number of rotatable bonds is 4. The van der Waals surface area contributed by atoms with Gasteiger partial charge >= 0.3 is 0 Å². The van der Waals surface area contributed by atoms with Crippen molar-refractivity contribution in [2.24, 2.45) is 0 Å². The Bertz CT molecular complexity index is 2170. The minimum atomic E-state index is 1.17. The summed E-state index contributed by atoms with van der Waals surface area (Å²) in [6.07, 6.45) is 3.73. The lowest BCUT2D eigenvalue weighted by Crippen LogP contribution is -1.92. The second-order valence-electron chi connectivity index (χ2n) is 10.7. The summed E-state index contributed by atoms with van der Waals surface area (Å²) in [5.74, 6) is 0. The zero-order valence-corrected chi connectivity index (χ0v) is 23.0. The molecule has 1 heterocycles. The van der Waals surface area contributed by atoms with Gasteiger partial charge in [-0.2, -0.15) is 0 Å². The molecule has 0 amide bonds. The van der Waals surface area contributed by atoms with Crippen LogP contribution in [-0.2, 0) is 0 Å². The van der Waals surface area contributed by atoms with E-state index in [-0.39, 0.29) is 0 Å². The standard InChI is InChI=1S/C41H27N/c1-2-12-29(13-3-1)40-36-16-6-8-18-38(36)41(39-19-9-7-17-37(39)40)35-23-11-21-33-32(20-10-22-34(33)35)31-15-5-4-14-30(31)28-24-26-42-27-25-28/h1-27H. The SMILES string of the molecule is c1ccc(-c2c3ccccc3c(-c3cccc4c(-c5ccccc5-c5ccncc5)cccc34)c3ccccc23)cc1. The van der Waals surface area contributed by atoms with Crippen LogP contribution in [0, 0.1) is 0 Å². The molecular formula is C41H27N. The van der Waals surface area contributed by atoms with Crippen molar-refractivity contribution in [3.63, 3.8) is 0 Å². The topological polar surface area (TPSA) is 12.9 Å². The molecule has 0 fully saturated rings. The van der Waals surface area contributed by atoms with E-state index in [9.17, 15) is 0 Å². The molecule has 1 heteroatoms. The molecule has 0 saturated heterocycles. The second-order valence-corrected chi connectivity index (χ2v) is 10.7. The van der Waals surface area contributed by atoms with Crippen LogP contribution in [0.15, 0.2) is 164 Å². The van der Waals surface area contributed by atoms with Crippen LogP contribution >= 0.6 is 0 Å². The fourth-order valence-corrected chi connectivity index (χ4v) is 6.60. The van der Waals surface area contributed by atoms with Crippen molar-refractivity contribution in [2.45, 2.75) is 0 Å². The number of nitrogens with zero attached hydrogens (tertiary/aromatic N) is 1. The van der Waals surface area contributed by atoms with E-state index in [1.807, 2.05) is 12.4 Å². The summed E-state index contributed by atoms with van der Waals surface area (Å²) in [5, 5.41) is 7.58. The molecule has 0 saturated carbocycles. The fourth-order valence-electron chi connectivity index (χ4n) is 6.60. The summed E-state index contributed by atoms with van der Waals surface area (Å²) >= 11 is 0. The summed E-state index contributed by atoms with van der Waals surface area (Å²) in [6.45, 7) is 0. The van der Waals surface area contributed by atoms with Crippen molar-refractivity contribution in [1.82, 2.24) is 4.98 Å². The van der Waals surface area contributed by atoms with E-state index in [0.717, 1.165) is 0 Å². The predicted molar refractivity (Wildman–Crippen MR) is 178 cm³/mol. The van der Waals surface area contributed by atoms with Gasteiger partial charge in [-0.1, -0.05) is 140 Å². The van der Waals surface area contributed by atoms with Crippen molar-refractivity contribution in [3.8, 4) is 44.5 Å². The average molecular weight is 534 g/mol. The molecule has 8 aromatic rings. The summed E-state index contributed by atoms with van der Waals surface area (Å²) in [5.41, 5.74) is 9.90. The zero-order chi connectivity index (χ0) is 27.9. The van der Waals surface area contributed by atoms with Crippen molar-refractivity contribution in [2.75, 3.05) is 0 Å². The van der Waals surface area contributed by atoms with E-state index in [1.165, 1.54) is 76.8 Å². The van der Waals surface area contributed by atoms with Crippen LogP contribution in [0.4, 0.5) is 0 Å². The van der Waals surface area contributed by atoms with Gasteiger partial charge in [-0.05, 0) is 89.0 Å². The summed E-state index contributed by atoms with van der Waals surface area (Å²) in [7, 11) is 0. The number of hydrogen-bond acceptors (Lipinski definition) is 1. The third-order valence-corrected chi connectivity index (χ3v) is 8.39. The Morgan fingerprint density at radius 1 is 0.262 bits per heavy atom. The molecule has 0 aliphatic carbocycles. The Kier molecular flexibility index (Phi) is 5.86. The lowest BCUT2D eigenvalue weighted by atomic mass is 9.84. The molecule has 42 heavy (non-hydrogen) atoms. The molecule has 0 aliphatic rings. The third kappa shape index (κ3) is 3.90. The summed E-state index contributed by atoms with van der Waals surface area (Å²) in [4.78, 5) is 4.24. The van der Waals surface area contributed by atoms with E-state index < -0.39 is 0 Å². The van der Waals surface area contributed by atoms with Crippen molar-refractivity contribution in [3.05, 3.63) is 164 Å². The Morgan fingerprint density at radius 2 is 0.714 bits per heavy atom. The van der Waals surface area contributed by atoms with Gasteiger partial charge in [-0.15, -0.1) is 0 Å². The number of fused-ring (bicyclic) bond motifs is 3. The van der Waals surface area contributed by atoms with Crippen molar-refractivity contribution < 1.29 is 0 Å². The summed E-state index contributed by atoms with van der Waals surface area (Å²) in [6, 6.07) is 54.9. The van der Waals surface area contributed by atoms with E-state index in [0.29, 0.717) is 0 Å². The highest BCUT2D eigenvalue weighted by Gasteiger charge is 2.18. The van der Waals surface area contributed by atoms with Crippen LogP contribution in [0.3, 0.4) is 0 Å². The van der Waals surface area contributed by atoms with Gasteiger partial charge in [-0.25, -0.2) is 0 Å². The minimum Gasteiger partial charge on any atom is -0.265 e. The maximum atomic E-state index is 4.24. The Balaban J connectivity index is 1.45. The third-order valence-electron chi connectivity index (χ3n) is 8.39. The molecule has 1 nitrogen and oxygen atoms in total. The first-order valence-electron chi connectivity index (χ1n) is 14.4. The van der Waals surface area contributed by atoms with Gasteiger partial charge in [0.2, 0.25) is 0 Å². The number of benzene rings is 7. The highest BCUT2D eigenvalue weighted by atomic mass is 14.6. The van der Waals surface area contributed by atoms with Crippen LogP contribution < -0.4 is 0 Å². The van der Waals surface area contributed by atoms with Gasteiger partial charge in [0.05, 0.1) is 0 Å². The Hall–Kier alpha value is -5.53. The first-order chi connectivity index (χ1) is 20.9. The van der Waals surface area contributed by atoms with E-state index in [1.54, 1.807) is 0 Å². The lowest BCUT2D eigenvalue weighted by Gasteiger charge is -2.19. The van der Waals surface area contributed by atoms with Crippen LogP contribution in [0.5, 0.6) is 0 Å². The second kappa shape index (κ2) is 10.1. The summed E-state index contributed by atoms with van der Waals surface area (Å²) < 4.78 is 0. The minimum absolute atomic E-state index is 1.17. The van der Waals surface area contributed by atoms with E-state index in [2.05, 4.69) is 157 Å². The van der Waals surface area contributed by atoms with Crippen LogP contribution in [0.1, 0.15) is 0 Å². The van der Waals surface area contributed by atoms with Gasteiger partial charge in [0, 0.05) is 12.4 Å². The van der Waals surface area contributed by atoms with Gasteiger partial charge < -0.3 is 0 Å². The fraction of sp³-hybridized carbons (Fsp3) is 0. The molecule has 0 N–H and O–H groups in total.